The van der Waals surface area contributed by atoms with Crippen LogP contribution in [0.1, 0.15) is 73.8 Å². The van der Waals surface area contributed by atoms with Gasteiger partial charge >= 0.3 is 6.09 Å². The molecule has 0 fully saturated rings. The number of pyridine rings is 1. The third-order valence-corrected chi connectivity index (χ3v) is 5.81. The van der Waals surface area contributed by atoms with Crippen LogP contribution in [0, 0.1) is 0 Å². The second-order valence-electron chi connectivity index (χ2n) is 10.4. The van der Waals surface area contributed by atoms with Crippen LogP contribution in [-0.4, -0.2) is 22.6 Å². The van der Waals surface area contributed by atoms with Crippen molar-refractivity contribution in [3.05, 3.63) is 89.1 Å². The minimum absolute atomic E-state index is 0.0378. The van der Waals surface area contributed by atoms with E-state index >= 15 is 0 Å². The van der Waals surface area contributed by atoms with Gasteiger partial charge in [0.25, 0.3) is 5.91 Å². The smallest absolute Gasteiger partial charge is 0.413 e. The zero-order valence-corrected chi connectivity index (χ0v) is 21.9. The number of nitrogens with one attached hydrogen (secondary N) is 2. The average molecular weight is 492 g/mol. The lowest BCUT2D eigenvalue weighted by Crippen LogP contribution is -2.27. The number of anilines is 2. The van der Waals surface area contributed by atoms with Gasteiger partial charge in [-0.15, -0.1) is 0 Å². The summed E-state index contributed by atoms with van der Waals surface area (Å²) < 4.78 is 5.30. The summed E-state index contributed by atoms with van der Waals surface area (Å²) in [6.07, 6.45) is 1.00. The van der Waals surface area contributed by atoms with Crippen molar-refractivity contribution < 1.29 is 14.3 Å². The normalized spacial score (nSPS) is 12.5. The molecule has 0 aliphatic carbocycles. The Morgan fingerprint density at radius 1 is 0.914 bits per heavy atom. The van der Waals surface area contributed by atoms with E-state index in [4.69, 9.17) is 17.4 Å². The molecule has 0 radical (unpaired) electrons. The Labute approximate surface area is 212 Å². The van der Waals surface area contributed by atoms with Gasteiger partial charge in [0.05, 0.1) is 5.25 Å². The monoisotopic (exact) mass is 491 g/mol. The molecular formula is C28H33N3O3S. The molecule has 3 rings (SSSR count). The lowest BCUT2D eigenvalue weighted by atomic mass is 9.87. The topological polar surface area (TPSA) is 80.3 Å². The van der Waals surface area contributed by atoms with Crippen molar-refractivity contribution in [1.82, 2.24) is 4.98 Å². The Hall–Kier alpha value is -3.32. The fourth-order valence-electron chi connectivity index (χ4n) is 3.47. The Balaban J connectivity index is 1.79. The van der Waals surface area contributed by atoms with E-state index in [0.29, 0.717) is 11.4 Å². The molecule has 184 valence electrons. The first-order valence-electron chi connectivity index (χ1n) is 11.5. The number of carbonyl (C=O) groups is 2. The molecule has 0 bridgehead atoms. The molecule has 2 N–H and O–H groups in total. The Morgan fingerprint density at radius 3 is 2.20 bits per heavy atom. The maximum Gasteiger partial charge on any atom is 0.413 e. The van der Waals surface area contributed by atoms with Crippen LogP contribution in [0.2, 0.25) is 0 Å². The van der Waals surface area contributed by atoms with E-state index in [1.807, 2.05) is 42.5 Å². The second-order valence-corrected chi connectivity index (χ2v) is 10.9. The van der Waals surface area contributed by atoms with E-state index in [0.717, 1.165) is 16.8 Å². The highest BCUT2D eigenvalue weighted by Gasteiger charge is 2.21. The maximum atomic E-state index is 13.2. The number of amides is 2. The number of rotatable bonds is 5. The lowest BCUT2D eigenvalue weighted by Gasteiger charge is -2.20. The van der Waals surface area contributed by atoms with Gasteiger partial charge < -0.3 is 10.1 Å². The van der Waals surface area contributed by atoms with E-state index in [2.05, 4.69) is 36.4 Å². The number of hydrogen-bond acceptors (Lipinski definition) is 5. The summed E-state index contributed by atoms with van der Waals surface area (Å²) in [6, 6.07) is 18.7. The van der Waals surface area contributed by atoms with Crippen molar-refractivity contribution in [3.63, 3.8) is 0 Å². The highest BCUT2D eigenvalue weighted by molar-refractivity contribution is 7.80. The van der Waals surface area contributed by atoms with Crippen LogP contribution in [0.5, 0.6) is 0 Å². The molecule has 1 aromatic heterocycles. The fraction of sp³-hybridized carbons (Fsp3) is 0.321. The number of thiol groups is 1. The highest BCUT2D eigenvalue weighted by atomic mass is 32.1. The number of ether oxygens (including phenoxy) is 1. The minimum Gasteiger partial charge on any atom is -0.444 e. The molecule has 0 aliphatic rings. The SMILES string of the molecule is CC(C)(C)OC(=O)Nc1cc(C(S)c2ccccc2C(=O)Nc2ccc(C(C)(C)C)cc2)ccn1. The Bertz CT molecular complexity index is 1200. The molecule has 6 nitrogen and oxygen atoms in total. The fourth-order valence-corrected chi connectivity index (χ4v) is 3.85. The number of hydrogen-bond donors (Lipinski definition) is 3. The summed E-state index contributed by atoms with van der Waals surface area (Å²) in [7, 11) is 0. The van der Waals surface area contributed by atoms with Gasteiger partial charge in [-0.05, 0) is 73.2 Å². The van der Waals surface area contributed by atoms with Gasteiger partial charge in [0.2, 0.25) is 0 Å². The van der Waals surface area contributed by atoms with E-state index in [1.165, 1.54) is 5.56 Å². The van der Waals surface area contributed by atoms with Crippen molar-refractivity contribution in [3.8, 4) is 0 Å². The number of aromatic nitrogens is 1. The van der Waals surface area contributed by atoms with Crippen LogP contribution in [0.4, 0.5) is 16.3 Å². The van der Waals surface area contributed by atoms with E-state index in [1.54, 1.807) is 45.2 Å². The summed E-state index contributed by atoms with van der Waals surface area (Å²) in [5.41, 5.74) is 3.38. The molecular weight excluding hydrogens is 458 g/mol. The van der Waals surface area contributed by atoms with Crippen LogP contribution < -0.4 is 10.6 Å². The Morgan fingerprint density at radius 2 is 1.57 bits per heavy atom. The molecule has 0 saturated heterocycles. The van der Waals surface area contributed by atoms with Gasteiger partial charge in [0.15, 0.2) is 0 Å². The summed E-state index contributed by atoms with van der Waals surface area (Å²) >= 11 is 4.80. The van der Waals surface area contributed by atoms with Crippen LogP contribution in [-0.2, 0) is 10.2 Å². The summed E-state index contributed by atoms with van der Waals surface area (Å²) in [4.78, 5) is 29.5. The summed E-state index contributed by atoms with van der Waals surface area (Å²) in [5.74, 6) is 0.126. The number of benzene rings is 2. The summed E-state index contributed by atoms with van der Waals surface area (Å²) in [6.45, 7) is 11.8. The largest absolute Gasteiger partial charge is 0.444 e. The lowest BCUT2D eigenvalue weighted by molar-refractivity contribution is 0.0635. The van der Waals surface area contributed by atoms with Gasteiger partial charge in [0, 0.05) is 17.4 Å². The van der Waals surface area contributed by atoms with Crippen molar-refractivity contribution in [2.24, 2.45) is 0 Å². The molecule has 0 aliphatic heterocycles. The molecule has 0 spiro atoms. The molecule has 0 saturated carbocycles. The van der Waals surface area contributed by atoms with Crippen LogP contribution in [0.25, 0.3) is 0 Å². The molecule has 1 unspecified atom stereocenters. The average Bonchev–Trinajstić information content (AvgIpc) is 2.77. The molecule has 1 atom stereocenters. The number of carbonyl (C=O) groups excluding carboxylic acids is 2. The van der Waals surface area contributed by atoms with E-state index in [-0.39, 0.29) is 11.3 Å². The van der Waals surface area contributed by atoms with E-state index in [9.17, 15) is 9.59 Å². The Kier molecular flexibility index (Phi) is 7.90. The molecule has 3 aromatic rings. The molecule has 2 amide bonds. The standard InChI is InChI=1S/C28H33N3O3S/c1-27(2,3)19-11-13-20(14-12-19)30-25(32)22-10-8-7-9-21(22)24(35)18-15-16-29-23(17-18)31-26(33)34-28(4,5)6/h7-17,24,35H,1-6H3,(H,30,32)(H,29,31,33). The first-order chi connectivity index (χ1) is 16.3. The van der Waals surface area contributed by atoms with Crippen molar-refractivity contribution in [2.45, 2.75) is 57.8 Å². The predicted octanol–water partition coefficient (Wildman–Crippen LogP) is 7.00. The highest BCUT2D eigenvalue weighted by Crippen LogP contribution is 2.32. The first kappa shape index (κ1) is 26.3. The van der Waals surface area contributed by atoms with Gasteiger partial charge in [-0.25, -0.2) is 9.78 Å². The third-order valence-electron chi connectivity index (χ3n) is 5.24. The zero-order valence-electron chi connectivity index (χ0n) is 21.0. The summed E-state index contributed by atoms with van der Waals surface area (Å²) in [5, 5.41) is 5.21. The van der Waals surface area contributed by atoms with Gasteiger partial charge in [-0.3, -0.25) is 10.1 Å². The van der Waals surface area contributed by atoms with Crippen molar-refractivity contribution in [2.75, 3.05) is 10.6 Å². The van der Waals surface area contributed by atoms with Crippen molar-refractivity contribution in [1.29, 1.82) is 0 Å². The van der Waals surface area contributed by atoms with Crippen LogP contribution in [0.15, 0.2) is 66.9 Å². The molecule has 2 aromatic carbocycles. The molecule has 1 heterocycles. The first-order valence-corrected chi connectivity index (χ1v) is 12.0. The number of nitrogens with zero attached hydrogens (tertiary/aromatic N) is 1. The maximum absolute atomic E-state index is 13.2. The second kappa shape index (κ2) is 10.5. The molecule has 7 heteroatoms. The van der Waals surface area contributed by atoms with Crippen LogP contribution >= 0.6 is 12.6 Å². The van der Waals surface area contributed by atoms with Gasteiger partial charge in [-0.1, -0.05) is 51.1 Å². The third kappa shape index (κ3) is 7.33. The van der Waals surface area contributed by atoms with Gasteiger partial charge in [0.1, 0.15) is 11.4 Å². The molecule has 35 heavy (non-hydrogen) atoms. The quantitative estimate of drug-likeness (QED) is 0.336. The predicted molar refractivity (Wildman–Crippen MR) is 144 cm³/mol. The zero-order chi connectivity index (χ0) is 25.8. The minimum atomic E-state index is -0.618. The van der Waals surface area contributed by atoms with E-state index < -0.39 is 16.9 Å². The van der Waals surface area contributed by atoms with Crippen molar-refractivity contribution >= 4 is 36.1 Å². The van der Waals surface area contributed by atoms with Gasteiger partial charge in [-0.2, -0.15) is 12.6 Å². The van der Waals surface area contributed by atoms with Crippen LogP contribution in [0.3, 0.4) is 0 Å².